The first-order valence-electron chi connectivity index (χ1n) is 4.36. The second-order valence-corrected chi connectivity index (χ2v) is 3.28. The monoisotopic (exact) mass is 155 g/mol. The maximum atomic E-state index is 9.26. The van der Waals surface area contributed by atoms with Crippen LogP contribution in [0.4, 0.5) is 0 Å². The summed E-state index contributed by atoms with van der Waals surface area (Å²) in [7, 11) is 0. The van der Waals surface area contributed by atoms with Crippen LogP contribution in [0.25, 0.3) is 0 Å². The van der Waals surface area contributed by atoms with E-state index in [0.29, 0.717) is 12.5 Å². The number of allylic oxidation sites excluding steroid dienone is 2. The zero-order chi connectivity index (χ0) is 8.10. The zero-order valence-electron chi connectivity index (χ0n) is 6.87. The molecule has 64 valence electrons. The largest absolute Gasteiger partial charge is 0.392 e. The Labute approximate surface area is 68.1 Å². The summed E-state index contributed by atoms with van der Waals surface area (Å²) in [6.45, 7) is 0.403. The lowest BCUT2D eigenvalue weighted by Crippen LogP contribution is -2.23. The quantitative estimate of drug-likeness (QED) is 0.598. The van der Waals surface area contributed by atoms with E-state index in [0.717, 1.165) is 12.8 Å². The van der Waals surface area contributed by atoms with Gasteiger partial charge in [0.05, 0.1) is 6.10 Å². The normalized spacial score (nSPS) is 26.9. The van der Waals surface area contributed by atoms with Crippen LogP contribution < -0.4 is 5.73 Å². The second kappa shape index (κ2) is 4.52. The third kappa shape index (κ3) is 3.04. The molecule has 2 nitrogen and oxygen atoms in total. The van der Waals surface area contributed by atoms with Crippen LogP contribution in [0.5, 0.6) is 0 Å². The number of hydrogen-bond donors (Lipinski definition) is 2. The molecule has 0 spiro atoms. The fraction of sp³-hybridized carbons (Fsp3) is 0.778. The Morgan fingerprint density at radius 1 is 1.55 bits per heavy atom. The van der Waals surface area contributed by atoms with Crippen molar-refractivity contribution in [3.63, 3.8) is 0 Å². The molecule has 11 heavy (non-hydrogen) atoms. The smallest absolute Gasteiger partial charge is 0.0665 e. The van der Waals surface area contributed by atoms with E-state index in [4.69, 9.17) is 5.73 Å². The lowest BCUT2D eigenvalue weighted by molar-refractivity contribution is 0.146. The van der Waals surface area contributed by atoms with Gasteiger partial charge in [-0.05, 0) is 31.6 Å². The van der Waals surface area contributed by atoms with E-state index in [1.807, 2.05) is 0 Å². The summed E-state index contributed by atoms with van der Waals surface area (Å²) in [4.78, 5) is 0. The Bertz CT molecular complexity index is 134. The van der Waals surface area contributed by atoms with Crippen molar-refractivity contribution < 1.29 is 5.11 Å². The van der Waals surface area contributed by atoms with Crippen molar-refractivity contribution in [3.05, 3.63) is 12.2 Å². The van der Waals surface area contributed by atoms with Gasteiger partial charge in [-0.15, -0.1) is 0 Å². The fourth-order valence-corrected chi connectivity index (χ4v) is 1.55. The van der Waals surface area contributed by atoms with Gasteiger partial charge < -0.3 is 10.8 Å². The molecule has 2 heteroatoms. The van der Waals surface area contributed by atoms with E-state index < -0.39 is 0 Å². The van der Waals surface area contributed by atoms with Crippen LogP contribution in [0.1, 0.15) is 25.7 Å². The van der Waals surface area contributed by atoms with E-state index in [1.54, 1.807) is 0 Å². The molecule has 2 atom stereocenters. The van der Waals surface area contributed by atoms with Gasteiger partial charge in [-0.2, -0.15) is 0 Å². The SMILES string of the molecule is NCC(O)CC1CC=CCC1. The zero-order valence-corrected chi connectivity index (χ0v) is 6.87. The van der Waals surface area contributed by atoms with Gasteiger partial charge in [-0.25, -0.2) is 0 Å². The molecule has 0 fully saturated rings. The lowest BCUT2D eigenvalue weighted by Gasteiger charge is -2.19. The van der Waals surface area contributed by atoms with Gasteiger partial charge in [0.2, 0.25) is 0 Å². The first kappa shape index (κ1) is 8.75. The third-order valence-electron chi connectivity index (χ3n) is 2.26. The summed E-state index contributed by atoms with van der Waals surface area (Å²) in [5.41, 5.74) is 5.32. The van der Waals surface area contributed by atoms with Gasteiger partial charge >= 0.3 is 0 Å². The van der Waals surface area contributed by atoms with Crippen LogP contribution >= 0.6 is 0 Å². The van der Waals surface area contributed by atoms with Gasteiger partial charge in [0.25, 0.3) is 0 Å². The van der Waals surface area contributed by atoms with E-state index in [9.17, 15) is 5.11 Å². The maximum absolute atomic E-state index is 9.26. The van der Waals surface area contributed by atoms with Crippen molar-refractivity contribution in [1.82, 2.24) is 0 Å². The minimum Gasteiger partial charge on any atom is -0.392 e. The number of nitrogens with two attached hydrogens (primary N) is 1. The summed E-state index contributed by atoms with van der Waals surface area (Å²) < 4.78 is 0. The van der Waals surface area contributed by atoms with Crippen LogP contribution in [-0.4, -0.2) is 17.8 Å². The second-order valence-electron chi connectivity index (χ2n) is 3.28. The van der Waals surface area contributed by atoms with Gasteiger partial charge in [-0.3, -0.25) is 0 Å². The van der Waals surface area contributed by atoms with E-state index in [1.165, 1.54) is 12.8 Å². The molecular formula is C9H17NO. The first-order valence-corrected chi connectivity index (χ1v) is 4.36. The number of hydrogen-bond acceptors (Lipinski definition) is 2. The predicted octanol–water partition coefficient (Wildman–Crippen LogP) is 1.05. The lowest BCUT2D eigenvalue weighted by atomic mass is 9.89. The molecule has 0 aromatic rings. The van der Waals surface area contributed by atoms with Crippen molar-refractivity contribution in [3.8, 4) is 0 Å². The summed E-state index contributed by atoms with van der Waals surface area (Å²) in [5.74, 6) is 0.665. The Morgan fingerprint density at radius 3 is 2.91 bits per heavy atom. The highest BCUT2D eigenvalue weighted by molar-refractivity contribution is 4.90. The molecule has 0 aromatic carbocycles. The molecular weight excluding hydrogens is 138 g/mol. The Hall–Kier alpha value is -0.340. The van der Waals surface area contributed by atoms with Gasteiger partial charge in [0.15, 0.2) is 0 Å². The fourth-order valence-electron chi connectivity index (χ4n) is 1.55. The third-order valence-corrected chi connectivity index (χ3v) is 2.26. The minimum atomic E-state index is -0.286. The van der Waals surface area contributed by atoms with Gasteiger partial charge in [0, 0.05) is 6.54 Å². The van der Waals surface area contributed by atoms with Crippen LogP contribution in [-0.2, 0) is 0 Å². The van der Waals surface area contributed by atoms with Crippen molar-refractivity contribution >= 4 is 0 Å². The van der Waals surface area contributed by atoms with Crippen LogP contribution in [0.2, 0.25) is 0 Å². The van der Waals surface area contributed by atoms with Crippen LogP contribution in [0.15, 0.2) is 12.2 Å². The number of rotatable bonds is 3. The summed E-state index contributed by atoms with van der Waals surface area (Å²) in [6.07, 6.45) is 8.52. The molecule has 1 rings (SSSR count). The molecule has 0 amide bonds. The van der Waals surface area contributed by atoms with E-state index in [-0.39, 0.29) is 6.10 Å². The highest BCUT2D eigenvalue weighted by Gasteiger charge is 2.13. The molecule has 1 aliphatic carbocycles. The Kier molecular flexibility index (Phi) is 3.60. The molecule has 0 aliphatic heterocycles. The average Bonchev–Trinajstić information content (AvgIpc) is 2.06. The molecule has 0 aromatic heterocycles. The van der Waals surface area contributed by atoms with Crippen molar-refractivity contribution in [1.29, 1.82) is 0 Å². The summed E-state index contributed by atoms with van der Waals surface area (Å²) >= 11 is 0. The molecule has 0 bridgehead atoms. The van der Waals surface area contributed by atoms with Crippen molar-refractivity contribution in [2.75, 3.05) is 6.54 Å². The molecule has 0 heterocycles. The Morgan fingerprint density at radius 2 is 2.36 bits per heavy atom. The standard InChI is InChI=1S/C9H17NO/c10-7-9(11)6-8-4-2-1-3-5-8/h1-2,8-9,11H,3-7,10H2. The van der Waals surface area contributed by atoms with Gasteiger partial charge in [-0.1, -0.05) is 12.2 Å². The number of aliphatic hydroxyl groups is 1. The molecule has 1 aliphatic rings. The van der Waals surface area contributed by atoms with E-state index >= 15 is 0 Å². The summed E-state index contributed by atoms with van der Waals surface area (Å²) in [5, 5.41) is 9.26. The van der Waals surface area contributed by atoms with E-state index in [2.05, 4.69) is 12.2 Å². The van der Waals surface area contributed by atoms with Crippen molar-refractivity contribution in [2.45, 2.75) is 31.8 Å². The first-order chi connectivity index (χ1) is 5.33. The minimum absolute atomic E-state index is 0.286. The highest BCUT2D eigenvalue weighted by Crippen LogP contribution is 2.22. The predicted molar refractivity (Wildman–Crippen MR) is 46.2 cm³/mol. The highest BCUT2D eigenvalue weighted by atomic mass is 16.3. The average molecular weight is 155 g/mol. The van der Waals surface area contributed by atoms with Gasteiger partial charge in [0.1, 0.15) is 0 Å². The molecule has 3 N–H and O–H groups in total. The van der Waals surface area contributed by atoms with Crippen LogP contribution in [0, 0.1) is 5.92 Å². The maximum Gasteiger partial charge on any atom is 0.0665 e. The molecule has 0 saturated carbocycles. The van der Waals surface area contributed by atoms with Crippen molar-refractivity contribution in [2.24, 2.45) is 11.7 Å². The topological polar surface area (TPSA) is 46.2 Å². The Balaban J connectivity index is 2.20. The molecule has 2 unspecified atom stereocenters. The molecule has 0 radical (unpaired) electrons. The molecule has 0 saturated heterocycles. The summed E-state index contributed by atoms with van der Waals surface area (Å²) in [6, 6.07) is 0. The number of aliphatic hydroxyl groups excluding tert-OH is 1. The van der Waals surface area contributed by atoms with Crippen LogP contribution in [0.3, 0.4) is 0 Å².